The van der Waals surface area contributed by atoms with Crippen LogP contribution in [0.5, 0.6) is 0 Å². The largest absolute Gasteiger partial charge is 0.350 e. The molecule has 0 bridgehead atoms. The average Bonchev–Trinajstić information content (AvgIpc) is 2.92. The highest BCUT2D eigenvalue weighted by atomic mass is 79.9. The lowest BCUT2D eigenvalue weighted by Crippen LogP contribution is -2.54. The predicted molar refractivity (Wildman–Crippen MR) is 127 cm³/mol. The Balaban J connectivity index is 1.89. The molecule has 3 rings (SSSR count). The smallest absolute Gasteiger partial charge is 0.269 e. The fourth-order valence-corrected chi connectivity index (χ4v) is 5.23. The van der Waals surface area contributed by atoms with E-state index < -0.39 is 40.0 Å². The van der Waals surface area contributed by atoms with Crippen molar-refractivity contribution in [3.63, 3.8) is 0 Å². The van der Waals surface area contributed by atoms with Crippen LogP contribution < -0.4 is 5.32 Å². The summed E-state index contributed by atoms with van der Waals surface area (Å²) in [7, 11) is -4.15. The second-order valence-corrected chi connectivity index (χ2v) is 11.6. The van der Waals surface area contributed by atoms with Crippen LogP contribution in [-0.4, -0.2) is 53.5 Å². The van der Waals surface area contributed by atoms with E-state index in [-0.39, 0.29) is 22.9 Å². The molecule has 0 spiro atoms. The maximum Gasteiger partial charge on any atom is 0.269 e. The third-order valence-electron chi connectivity index (χ3n) is 5.12. The van der Waals surface area contributed by atoms with Crippen LogP contribution in [-0.2, 0) is 26.2 Å². The van der Waals surface area contributed by atoms with Gasteiger partial charge in [-0.05, 0) is 57.5 Å². The molecule has 33 heavy (non-hydrogen) atoms. The highest BCUT2D eigenvalue weighted by molar-refractivity contribution is 9.10. The van der Waals surface area contributed by atoms with E-state index in [1.165, 1.54) is 23.1 Å². The first-order valence-electron chi connectivity index (χ1n) is 10.3. The number of nitrogens with one attached hydrogen (secondary N) is 1. The summed E-state index contributed by atoms with van der Waals surface area (Å²) in [6.45, 7) is 6.42. The molecule has 0 saturated carbocycles. The molecule has 3 amide bonds. The summed E-state index contributed by atoms with van der Waals surface area (Å²) in [5.41, 5.74) is 0.261. The van der Waals surface area contributed by atoms with Gasteiger partial charge in [-0.1, -0.05) is 40.2 Å². The van der Waals surface area contributed by atoms with Crippen molar-refractivity contribution < 1.29 is 22.8 Å². The van der Waals surface area contributed by atoms with Crippen LogP contribution in [0.1, 0.15) is 43.6 Å². The quantitative estimate of drug-likeness (QED) is 0.612. The van der Waals surface area contributed by atoms with Crippen LogP contribution in [0.4, 0.5) is 0 Å². The van der Waals surface area contributed by atoms with Gasteiger partial charge in [-0.2, -0.15) is 0 Å². The van der Waals surface area contributed by atoms with Crippen molar-refractivity contribution in [1.29, 1.82) is 0 Å². The summed E-state index contributed by atoms with van der Waals surface area (Å²) in [5.74, 6) is -1.79. The molecule has 0 aliphatic carbocycles. The Labute approximate surface area is 202 Å². The summed E-state index contributed by atoms with van der Waals surface area (Å²) < 4.78 is 27.2. The van der Waals surface area contributed by atoms with Gasteiger partial charge in [0.15, 0.2) is 0 Å². The molecule has 1 aliphatic rings. The minimum Gasteiger partial charge on any atom is -0.350 e. The summed E-state index contributed by atoms with van der Waals surface area (Å²) in [6, 6.07) is 12.2. The van der Waals surface area contributed by atoms with E-state index in [9.17, 15) is 22.8 Å². The Morgan fingerprint density at radius 3 is 2.27 bits per heavy atom. The first kappa shape index (κ1) is 24.9. The van der Waals surface area contributed by atoms with Crippen LogP contribution in [0.25, 0.3) is 0 Å². The molecule has 0 unspecified atom stereocenters. The van der Waals surface area contributed by atoms with Crippen LogP contribution in [0.3, 0.4) is 0 Å². The molecule has 0 saturated heterocycles. The van der Waals surface area contributed by atoms with Crippen LogP contribution >= 0.6 is 15.9 Å². The van der Waals surface area contributed by atoms with Gasteiger partial charge in [-0.25, -0.2) is 12.7 Å². The summed E-state index contributed by atoms with van der Waals surface area (Å²) in [6.07, 6.45) is 0. The highest BCUT2D eigenvalue weighted by Gasteiger charge is 2.43. The summed E-state index contributed by atoms with van der Waals surface area (Å²) in [4.78, 5) is 40.1. The molecule has 176 valence electrons. The Morgan fingerprint density at radius 1 is 1.09 bits per heavy atom. The van der Waals surface area contributed by atoms with Crippen LogP contribution in [0.15, 0.2) is 57.9 Å². The van der Waals surface area contributed by atoms with Gasteiger partial charge in [-0.3, -0.25) is 14.4 Å². The van der Waals surface area contributed by atoms with Gasteiger partial charge in [0.2, 0.25) is 11.8 Å². The molecule has 1 N–H and O–H groups in total. The number of sulfonamides is 1. The number of nitrogens with zero attached hydrogens (tertiary/aromatic N) is 2. The normalized spacial score (nSPS) is 15.7. The van der Waals surface area contributed by atoms with Crippen molar-refractivity contribution in [3.8, 4) is 0 Å². The minimum absolute atomic E-state index is 0.0308. The molecular weight excluding hydrogens is 510 g/mol. The maximum absolute atomic E-state index is 13.3. The van der Waals surface area contributed by atoms with Gasteiger partial charge in [0, 0.05) is 16.6 Å². The first-order valence-corrected chi connectivity index (χ1v) is 12.6. The Bertz CT molecular complexity index is 1190. The number of carbonyl (C=O) groups excluding carboxylic acids is 3. The third-order valence-corrected chi connectivity index (χ3v) is 7.44. The van der Waals surface area contributed by atoms with Crippen molar-refractivity contribution >= 4 is 43.7 Å². The highest BCUT2D eigenvalue weighted by Crippen LogP contribution is 2.30. The predicted octanol–water partition coefficient (Wildman–Crippen LogP) is 2.93. The second kappa shape index (κ2) is 9.26. The Kier molecular flexibility index (Phi) is 6.99. The van der Waals surface area contributed by atoms with Crippen molar-refractivity contribution in [2.75, 3.05) is 6.54 Å². The molecule has 1 atom stereocenters. The number of hydrogen-bond donors (Lipinski definition) is 1. The number of fused-ring (bicyclic) bond motifs is 1. The topological polar surface area (TPSA) is 104 Å². The van der Waals surface area contributed by atoms with Gasteiger partial charge in [-0.15, -0.1) is 0 Å². The SMILES string of the molecule is C[C@H](C(=O)NC(C)(C)C)N(Cc1ccc(Br)cc1)C(=O)CN1C(=O)c2ccccc2S1(=O)=O. The Morgan fingerprint density at radius 2 is 1.70 bits per heavy atom. The lowest BCUT2D eigenvalue weighted by Gasteiger charge is -2.32. The fourth-order valence-electron chi connectivity index (χ4n) is 3.44. The van der Waals surface area contributed by atoms with Crippen molar-refractivity contribution in [2.24, 2.45) is 0 Å². The molecule has 1 aliphatic heterocycles. The van der Waals surface area contributed by atoms with Crippen LogP contribution in [0, 0.1) is 0 Å². The Hall–Kier alpha value is -2.72. The standard InChI is InChI=1S/C23H26BrN3O5S/c1-15(21(29)25-23(2,3)4)26(13-16-9-11-17(24)12-10-16)20(28)14-27-22(30)18-7-5-6-8-19(18)33(27,31)32/h5-12,15H,13-14H2,1-4H3,(H,25,29)/t15-/m1/s1. The van der Waals surface area contributed by atoms with Gasteiger partial charge in [0.1, 0.15) is 17.5 Å². The van der Waals surface area contributed by atoms with Crippen molar-refractivity contribution in [2.45, 2.75) is 50.7 Å². The zero-order valence-electron chi connectivity index (χ0n) is 18.8. The molecule has 0 radical (unpaired) electrons. The van der Waals surface area contributed by atoms with Crippen LogP contribution in [0.2, 0.25) is 0 Å². The van der Waals surface area contributed by atoms with E-state index in [1.807, 2.05) is 32.9 Å². The molecule has 2 aromatic carbocycles. The van der Waals surface area contributed by atoms with E-state index in [4.69, 9.17) is 0 Å². The van der Waals surface area contributed by atoms with Gasteiger partial charge < -0.3 is 10.2 Å². The third kappa shape index (κ3) is 5.44. The van der Waals surface area contributed by atoms with E-state index in [0.29, 0.717) is 4.31 Å². The zero-order chi connectivity index (χ0) is 24.6. The monoisotopic (exact) mass is 535 g/mol. The summed E-state index contributed by atoms with van der Waals surface area (Å²) in [5, 5.41) is 2.84. The van der Waals surface area contributed by atoms with Gasteiger partial charge in [0.25, 0.3) is 15.9 Å². The number of benzene rings is 2. The van der Waals surface area contributed by atoms with Gasteiger partial charge >= 0.3 is 0 Å². The van der Waals surface area contributed by atoms with Crippen molar-refractivity contribution in [1.82, 2.24) is 14.5 Å². The molecular formula is C23H26BrN3O5S. The van der Waals surface area contributed by atoms with E-state index >= 15 is 0 Å². The second-order valence-electron chi connectivity index (χ2n) is 8.88. The van der Waals surface area contributed by atoms with Gasteiger partial charge in [0.05, 0.1) is 5.56 Å². The molecule has 1 heterocycles. The molecule has 0 fully saturated rings. The first-order chi connectivity index (χ1) is 15.3. The zero-order valence-corrected chi connectivity index (χ0v) is 21.2. The van der Waals surface area contributed by atoms with E-state index in [0.717, 1.165) is 10.0 Å². The number of halogens is 1. The number of carbonyl (C=O) groups is 3. The molecule has 0 aromatic heterocycles. The summed E-state index contributed by atoms with van der Waals surface area (Å²) >= 11 is 3.36. The average molecular weight is 536 g/mol. The molecule has 2 aromatic rings. The number of rotatable bonds is 6. The molecule has 10 heteroatoms. The molecule has 8 nitrogen and oxygen atoms in total. The van der Waals surface area contributed by atoms with E-state index in [2.05, 4.69) is 21.2 Å². The lowest BCUT2D eigenvalue weighted by molar-refractivity contribution is -0.141. The maximum atomic E-state index is 13.3. The van der Waals surface area contributed by atoms with Crippen molar-refractivity contribution in [3.05, 3.63) is 64.1 Å². The lowest BCUT2D eigenvalue weighted by atomic mass is 10.1. The minimum atomic E-state index is -4.15. The fraction of sp³-hybridized carbons (Fsp3) is 0.348. The number of amides is 3. The van der Waals surface area contributed by atoms with E-state index in [1.54, 1.807) is 25.1 Å². The number of hydrogen-bond acceptors (Lipinski definition) is 5.